The first-order valence-corrected chi connectivity index (χ1v) is 9.15. The highest BCUT2D eigenvalue weighted by Gasteiger charge is 2.23. The third kappa shape index (κ3) is 3.41. The normalized spacial score (nSPS) is 18.6. The second kappa shape index (κ2) is 6.26. The molecule has 3 rings (SSSR count). The van der Waals surface area contributed by atoms with E-state index in [1.807, 2.05) is 19.1 Å². The number of aryl methyl sites for hydroxylation is 1. The standard InChI is InChI=1S/C15H19NO5S/c1-11-14(3-2-13-15(11)21-10-16-13)20-7-6-19-12-4-8-22(17,18)9-5-12/h2-3,10,12H,4-9H2,1H3. The summed E-state index contributed by atoms with van der Waals surface area (Å²) in [5, 5.41) is 0. The number of ether oxygens (including phenoxy) is 2. The summed E-state index contributed by atoms with van der Waals surface area (Å²) >= 11 is 0. The second-order valence-electron chi connectivity index (χ2n) is 5.46. The Balaban J connectivity index is 1.47. The van der Waals surface area contributed by atoms with Gasteiger partial charge in [-0.3, -0.25) is 0 Å². The van der Waals surface area contributed by atoms with Gasteiger partial charge in [0.15, 0.2) is 21.8 Å². The van der Waals surface area contributed by atoms with Gasteiger partial charge in [-0.1, -0.05) is 0 Å². The van der Waals surface area contributed by atoms with Crippen molar-refractivity contribution in [2.45, 2.75) is 25.9 Å². The molecule has 2 aromatic rings. The third-order valence-electron chi connectivity index (χ3n) is 3.89. The maximum absolute atomic E-state index is 11.3. The smallest absolute Gasteiger partial charge is 0.181 e. The lowest BCUT2D eigenvalue weighted by molar-refractivity contribution is 0.0284. The molecule has 1 aromatic heterocycles. The Labute approximate surface area is 129 Å². The van der Waals surface area contributed by atoms with Gasteiger partial charge in [0.25, 0.3) is 0 Å². The van der Waals surface area contributed by atoms with Crippen LogP contribution in [0.5, 0.6) is 5.75 Å². The van der Waals surface area contributed by atoms with E-state index in [1.165, 1.54) is 6.39 Å². The number of benzene rings is 1. The summed E-state index contributed by atoms with van der Waals surface area (Å²) in [5.41, 5.74) is 2.46. The van der Waals surface area contributed by atoms with Gasteiger partial charge in [-0.05, 0) is 31.9 Å². The molecule has 1 saturated heterocycles. The fourth-order valence-electron chi connectivity index (χ4n) is 2.60. The molecule has 0 bridgehead atoms. The number of sulfone groups is 1. The summed E-state index contributed by atoms with van der Waals surface area (Å²) in [6, 6.07) is 3.72. The molecule has 6 nitrogen and oxygen atoms in total. The van der Waals surface area contributed by atoms with Crippen molar-refractivity contribution in [3.05, 3.63) is 24.1 Å². The van der Waals surface area contributed by atoms with Gasteiger partial charge in [-0.15, -0.1) is 0 Å². The topological polar surface area (TPSA) is 78.6 Å². The lowest BCUT2D eigenvalue weighted by Gasteiger charge is -2.22. The van der Waals surface area contributed by atoms with Gasteiger partial charge in [-0.2, -0.15) is 0 Å². The quantitative estimate of drug-likeness (QED) is 0.784. The molecule has 1 fully saturated rings. The van der Waals surface area contributed by atoms with Gasteiger partial charge in [0, 0.05) is 5.56 Å². The Bertz CT molecular complexity index is 738. The molecule has 1 aliphatic rings. The van der Waals surface area contributed by atoms with Crippen LogP contribution in [0.4, 0.5) is 0 Å². The first-order valence-electron chi connectivity index (χ1n) is 7.33. The van der Waals surface area contributed by atoms with E-state index in [0.29, 0.717) is 26.1 Å². The summed E-state index contributed by atoms with van der Waals surface area (Å²) in [7, 11) is -2.84. The molecule has 7 heteroatoms. The van der Waals surface area contributed by atoms with Crippen molar-refractivity contribution < 1.29 is 22.3 Å². The van der Waals surface area contributed by atoms with Crippen LogP contribution in [0.1, 0.15) is 18.4 Å². The molecule has 0 atom stereocenters. The summed E-state index contributed by atoms with van der Waals surface area (Å²) in [4.78, 5) is 4.09. The van der Waals surface area contributed by atoms with Crippen molar-refractivity contribution in [2.24, 2.45) is 0 Å². The number of aromatic nitrogens is 1. The molecule has 0 radical (unpaired) electrons. The first-order chi connectivity index (χ1) is 10.6. The molecule has 0 unspecified atom stereocenters. The molecular weight excluding hydrogens is 306 g/mol. The lowest BCUT2D eigenvalue weighted by Crippen LogP contribution is -2.29. The highest BCUT2D eigenvalue weighted by atomic mass is 32.2. The minimum absolute atomic E-state index is 0.0185. The zero-order valence-corrected chi connectivity index (χ0v) is 13.3. The van der Waals surface area contributed by atoms with E-state index >= 15 is 0 Å². The molecule has 0 spiro atoms. The van der Waals surface area contributed by atoms with Crippen LogP contribution in [0.15, 0.2) is 22.9 Å². The Morgan fingerprint density at radius 1 is 1.27 bits per heavy atom. The van der Waals surface area contributed by atoms with E-state index in [1.54, 1.807) is 0 Å². The van der Waals surface area contributed by atoms with Crippen LogP contribution in [0.2, 0.25) is 0 Å². The minimum atomic E-state index is -2.84. The second-order valence-corrected chi connectivity index (χ2v) is 7.76. The Kier molecular flexibility index (Phi) is 4.35. The Morgan fingerprint density at radius 2 is 2.05 bits per heavy atom. The van der Waals surface area contributed by atoms with Crippen LogP contribution in [0, 0.1) is 6.92 Å². The Morgan fingerprint density at radius 3 is 2.82 bits per heavy atom. The van der Waals surface area contributed by atoms with Gasteiger partial charge in [0.2, 0.25) is 0 Å². The number of fused-ring (bicyclic) bond motifs is 1. The van der Waals surface area contributed by atoms with E-state index < -0.39 is 9.84 Å². The van der Waals surface area contributed by atoms with E-state index in [0.717, 1.165) is 22.4 Å². The third-order valence-corrected chi connectivity index (χ3v) is 5.61. The van der Waals surface area contributed by atoms with Crippen LogP contribution in [-0.2, 0) is 14.6 Å². The van der Waals surface area contributed by atoms with Crippen molar-refractivity contribution in [1.82, 2.24) is 4.98 Å². The minimum Gasteiger partial charge on any atom is -0.491 e. The SMILES string of the molecule is Cc1c(OCCOC2CCS(=O)(=O)CC2)ccc2ncoc12. The van der Waals surface area contributed by atoms with Crippen LogP contribution in [0.25, 0.3) is 11.1 Å². The number of nitrogens with zero attached hydrogens (tertiary/aromatic N) is 1. The molecule has 0 N–H and O–H groups in total. The maximum Gasteiger partial charge on any atom is 0.181 e. The molecule has 0 aliphatic carbocycles. The fourth-order valence-corrected chi connectivity index (χ4v) is 4.05. The van der Waals surface area contributed by atoms with Crippen LogP contribution >= 0.6 is 0 Å². The molecule has 1 aromatic carbocycles. The maximum atomic E-state index is 11.3. The lowest BCUT2D eigenvalue weighted by atomic mass is 10.2. The molecule has 0 saturated carbocycles. The van der Waals surface area contributed by atoms with Crippen molar-refractivity contribution in [2.75, 3.05) is 24.7 Å². The van der Waals surface area contributed by atoms with Gasteiger partial charge < -0.3 is 13.9 Å². The molecule has 1 aliphatic heterocycles. The average molecular weight is 325 g/mol. The summed E-state index contributed by atoms with van der Waals surface area (Å²) < 4.78 is 39.4. The summed E-state index contributed by atoms with van der Waals surface area (Å²) in [5.74, 6) is 1.19. The molecular formula is C15H19NO5S. The molecule has 22 heavy (non-hydrogen) atoms. The first kappa shape index (κ1) is 15.3. The summed E-state index contributed by atoms with van der Waals surface area (Å²) in [6.45, 7) is 2.79. The van der Waals surface area contributed by atoms with Gasteiger partial charge >= 0.3 is 0 Å². The number of hydrogen-bond acceptors (Lipinski definition) is 6. The van der Waals surface area contributed by atoms with Crippen LogP contribution in [-0.4, -0.2) is 44.2 Å². The zero-order valence-electron chi connectivity index (χ0n) is 12.4. The van der Waals surface area contributed by atoms with E-state index in [-0.39, 0.29) is 17.6 Å². The molecule has 2 heterocycles. The van der Waals surface area contributed by atoms with Gasteiger partial charge in [0.05, 0.1) is 24.2 Å². The Hall–Kier alpha value is -1.60. The predicted molar refractivity (Wildman–Crippen MR) is 81.9 cm³/mol. The van der Waals surface area contributed by atoms with E-state index in [9.17, 15) is 8.42 Å². The van der Waals surface area contributed by atoms with Crippen molar-refractivity contribution in [3.8, 4) is 5.75 Å². The van der Waals surface area contributed by atoms with Crippen molar-refractivity contribution in [1.29, 1.82) is 0 Å². The predicted octanol–water partition coefficient (Wildman–Crippen LogP) is 2.11. The zero-order chi connectivity index (χ0) is 15.6. The van der Waals surface area contributed by atoms with Gasteiger partial charge in [-0.25, -0.2) is 13.4 Å². The van der Waals surface area contributed by atoms with Crippen LogP contribution in [0.3, 0.4) is 0 Å². The van der Waals surface area contributed by atoms with E-state index in [2.05, 4.69) is 4.98 Å². The fraction of sp³-hybridized carbons (Fsp3) is 0.533. The highest BCUT2D eigenvalue weighted by molar-refractivity contribution is 7.91. The number of rotatable bonds is 5. The van der Waals surface area contributed by atoms with Crippen molar-refractivity contribution in [3.63, 3.8) is 0 Å². The molecule has 0 amide bonds. The summed E-state index contributed by atoms with van der Waals surface area (Å²) in [6.07, 6.45) is 2.59. The molecule has 120 valence electrons. The number of hydrogen-bond donors (Lipinski definition) is 0. The largest absolute Gasteiger partial charge is 0.491 e. The average Bonchev–Trinajstić information content (AvgIpc) is 2.96. The van der Waals surface area contributed by atoms with Crippen LogP contribution < -0.4 is 4.74 Å². The van der Waals surface area contributed by atoms with Gasteiger partial charge in [0.1, 0.15) is 17.9 Å². The van der Waals surface area contributed by atoms with E-state index in [4.69, 9.17) is 13.9 Å². The highest BCUT2D eigenvalue weighted by Crippen LogP contribution is 2.26. The van der Waals surface area contributed by atoms with Crippen molar-refractivity contribution >= 4 is 20.9 Å². The number of oxazole rings is 1. The monoisotopic (exact) mass is 325 g/mol.